The van der Waals surface area contributed by atoms with E-state index in [1.807, 2.05) is 0 Å². The molecular weight excluding hydrogens is 288 g/mol. The summed E-state index contributed by atoms with van der Waals surface area (Å²) < 4.78 is 15.4. The van der Waals surface area contributed by atoms with Gasteiger partial charge in [0, 0.05) is 11.1 Å². The molecule has 6 nitrogen and oxygen atoms in total. The van der Waals surface area contributed by atoms with Crippen LogP contribution in [0.5, 0.6) is 17.2 Å². The van der Waals surface area contributed by atoms with Crippen molar-refractivity contribution in [1.82, 2.24) is 0 Å². The van der Waals surface area contributed by atoms with Gasteiger partial charge in [0.05, 0.1) is 12.7 Å². The summed E-state index contributed by atoms with van der Waals surface area (Å²) in [4.78, 5) is 23.9. The van der Waals surface area contributed by atoms with Crippen LogP contribution >= 0.6 is 0 Å². The summed E-state index contributed by atoms with van der Waals surface area (Å²) in [5.41, 5.74) is 0.311. The average molecular weight is 300 g/mol. The van der Waals surface area contributed by atoms with Crippen LogP contribution in [0.2, 0.25) is 0 Å². The summed E-state index contributed by atoms with van der Waals surface area (Å²) in [7, 11) is 1.43. The number of aromatic carboxylic acids is 1. The third-order valence-electron chi connectivity index (χ3n) is 3.34. The van der Waals surface area contributed by atoms with E-state index in [4.69, 9.17) is 14.2 Å². The molecule has 0 aliphatic carbocycles. The molecule has 0 radical (unpaired) electrons. The first-order valence-corrected chi connectivity index (χ1v) is 6.46. The van der Waals surface area contributed by atoms with Crippen molar-refractivity contribution in [2.24, 2.45) is 0 Å². The molecule has 0 saturated heterocycles. The second-order valence-electron chi connectivity index (χ2n) is 4.61. The van der Waals surface area contributed by atoms with Gasteiger partial charge in [-0.2, -0.15) is 0 Å². The summed E-state index contributed by atoms with van der Waals surface area (Å²) in [6, 6.07) is 9.05. The molecule has 1 N–H and O–H groups in total. The normalized spacial score (nSPS) is 12.0. The van der Waals surface area contributed by atoms with Gasteiger partial charge in [0.1, 0.15) is 5.75 Å². The van der Waals surface area contributed by atoms with Crippen LogP contribution in [-0.2, 0) is 0 Å². The van der Waals surface area contributed by atoms with E-state index in [1.165, 1.54) is 19.2 Å². The SMILES string of the molecule is COc1ccc(C(=O)c2ccc3c(c2)OCO3)c(C(=O)O)c1. The van der Waals surface area contributed by atoms with Gasteiger partial charge in [-0.1, -0.05) is 0 Å². The van der Waals surface area contributed by atoms with Crippen molar-refractivity contribution < 1.29 is 28.9 Å². The standard InChI is InChI=1S/C16H12O6/c1-20-10-3-4-11(12(7-10)16(18)19)15(17)9-2-5-13-14(6-9)22-8-21-13/h2-7H,8H2,1H3,(H,18,19). The lowest BCUT2D eigenvalue weighted by molar-refractivity contribution is 0.0692. The molecule has 0 saturated carbocycles. The molecule has 0 atom stereocenters. The molecule has 6 heteroatoms. The van der Waals surface area contributed by atoms with Crippen molar-refractivity contribution in [1.29, 1.82) is 0 Å². The minimum absolute atomic E-state index is 0.0900. The first-order valence-electron chi connectivity index (χ1n) is 6.46. The number of hydrogen-bond donors (Lipinski definition) is 1. The van der Waals surface area contributed by atoms with Gasteiger partial charge in [-0.05, 0) is 36.4 Å². The first kappa shape index (κ1) is 13.9. The van der Waals surface area contributed by atoms with Crippen molar-refractivity contribution in [3.63, 3.8) is 0 Å². The number of carbonyl (C=O) groups excluding carboxylic acids is 1. The van der Waals surface area contributed by atoms with E-state index >= 15 is 0 Å². The number of methoxy groups -OCH3 is 1. The van der Waals surface area contributed by atoms with Crippen molar-refractivity contribution >= 4 is 11.8 Å². The zero-order valence-electron chi connectivity index (χ0n) is 11.7. The molecule has 0 amide bonds. The lowest BCUT2D eigenvalue weighted by atomic mass is 9.98. The van der Waals surface area contributed by atoms with Crippen LogP contribution in [0, 0.1) is 0 Å². The summed E-state index contributed by atoms with van der Waals surface area (Å²) in [6.45, 7) is 0.107. The molecule has 0 fully saturated rings. The van der Waals surface area contributed by atoms with Crippen LogP contribution in [0.4, 0.5) is 0 Å². The Hall–Kier alpha value is -3.02. The Kier molecular flexibility index (Phi) is 3.42. The number of carboxylic acids is 1. The summed E-state index contributed by atoms with van der Waals surface area (Å²) in [6.07, 6.45) is 0. The Morgan fingerprint density at radius 2 is 1.82 bits per heavy atom. The summed E-state index contributed by atoms with van der Waals surface area (Å²) in [5, 5.41) is 9.28. The molecule has 1 aliphatic heterocycles. The molecule has 0 bridgehead atoms. The maximum atomic E-state index is 12.6. The predicted octanol–water partition coefficient (Wildman–Crippen LogP) is 2.35. The Bertz CT molecular complexity index is 765. The topological polar surface area (TPSA) is 82.1 Å². The van der Waals surface area contributed by atoms with Crippen molar-refractivity contribution in [2.45, 2.75) is 0 Å². The molecule has 2 aromatic rings. The smallest absolute Gasteiger partial charge is 0.336 e. The molecule has 112 valence electrons. The minimum atomic E-state index is -1.19. The highest BCUT2D eigenvalue weighted by atomic mass is 16.7. The number of ether oxygens (including phenoxy) is 3. The number of benzene rings is 2. The van der Waals surface area contributed by atoms with Crippen molar-refractivity contribution in [3.05, 3.63) is 53.1 Å². The lowest BCUT2D eigenvalue weighted by Gasteiger charge is -2.08. The number of fused-ring (bicyclic) bond motifs is 1. The van der Waals surface area contributed by atoms with Gasteiger partial charge in [0.2, 0.25) is 6.79 Å². The monoisotopic (exact) mass is 300 g/mol. The van der Waals surface area contributed by atoms with Crippen LogP contribution in [0.25, 0.3) is 0 Å². The average Bonchev–Trinajstić information content (AvgIpc) is 3.01. The van der Waals surface area contributed by atoms with Crippen molar-refractivity contribution in [3.8, 4) is 17.2 Å². The number of rotatable bonds is 4. The molecule has 22 heavy (non-hydrogen) atoms. The number of carboxylic acid groups (broad SMARTS) is 1. The molecule has 1 heterocycles. The van der Waals surface area contributed by atoms with Crippen LogP contribution in [0.1, 0.15) is 26.3 Å². The highest BCUT2D eigenvalue weighted by molar-refractivity contribution is 6.14. The maximum Gasteiger partial charge on any atom is 0.336 e. The molecule has 3 rings (SSSR count). The predicted molar refractivity (Wildman–Crippen MR) is 76.0 cm³/mol. The Labute approximate surface area is 125 Å². The number of carbonyl (C=O) groups is 2. The van der Waals surface area contributed by atoms with Gasteiger partial charge in [-0.3, -0.25) is 4.79 Å². The Morgan fingerprint density at radius 3 is 2.55 bits per heavy atom. The number of hydrogen-bond acceptors (Lipinski definition) is 5. The van der Waals surface area contributed by atoms with Gasteiger partial charge >= 0.3 is 5.97 Å². The highest BCUT2D eigenvalue weighted by Gasteiger charge is 2.21. The van der Waals surface area contributed by atoms with E-state index in [1.54, 1.807) is 24.3 Å². The maximum absolute atomic E-state index is 12.6. The van der Waals surface area contributed by atoms with E-state index in [9.17, 15) is 14.7 Å². The second-order valence-corrected chi connectivity index (χ2v) is 4.61. The molecule has 0 aromatic heterocycles. The third kappa shape index (κ3) is 2.35. The molecule has 2 aromatic carbocycles. The van der Waals surface area contributed by atoms with Gasteiger partial charge in [0.25, 0.3) is 0 Å². The minimum Gasteiger partial charge on any atom is -0.497 e. The highest BCUT2D eigenvalue weighted by Crippen LogP contribution is 2.33. The molecular formula is C16H12O6. The largest absolute Gasteiger partial charge is 0.497 e. The first-order chi connectivity index (χ1) is 10.6. The molecule has 0 unspecified atom stereocenters. The van der Waals surface area contributed by atoms with Gasteiger partial charge < -0.3 is 19.3 Å². The van der Waals surface area contributed by atoms with Gasteiger partial charge in [-0.25, -0.2) is 4.79 Å². The van der Waals surface area contributed by atoms with Gasteiger partial charge in [0.15, 0.2) is 17.3 Å². The zero-order valence-corrected chi connectivity index (χ0v) is 11.7. The second kappa shape index (κ2) is 5.40. The fourth-order valence-corrected chi connectivity index (χ4v) is 2.22. The van der Waals surface area contributed by atoms with Crippen LogP contribution in [-0.4, -0.2) is 30.8 Å². The third-order valence-corrected chi connectivity index (χ3v) is 3.34. The van der Waals surface area contributed by atoms with Gasteiger partial charge in [-0.15, -0.1) is 0 Å². The summed E-state index contributed by atoms with van der Waals surface area (Å²) in [5.74, 6) is -0.193. The lowest BCUT2D eigenvalue weighted by Crippen LogP contribution is -2.10. The van der Waals surface area contributed by atoms with Crippen molar-refractivity contribution in [2.75, 3.05) is 13.9 Å². The fourth-order valence-electron chi connectivity index (χ4n) is 2.22. The van der Waals surface area contributed by atoms with E-state index < -0.39 is 11.8 Å². The van der Waals surface area contributed by atoms with Crippen LogP contribution < -0.4 is 14.2 Å². The molecule has 0 spiro atoms. The summed E-state index contributed by atoms with van der Waals surface area (Å²) >= 11 is 0. The van der Waals surface area contributed by atoms with E-state index in [-0.39, 0.29) is 17.9 Å². The number of ketones is 1. The van der Waals surface area contributed by atoms with E-state index in [0.717, 1.165) is 0 Å². The van der Waals surface area contributed by atoms with E-state index in [2.05, 4.69) is 0 Å². The van der Waals surface area contributed by atoms with E-state index in [0.29, 0.717) is 22.8 Å². The Balaban J connectivity index is 2.03. The van der Waals surface area contributed by atoms with Crippen LogP contribution in [0.3, 0.4) is 0 Å². The van der Waals surface area contributed by atoms with Crippen LogP contribution in [0.15, 0.2) is 36.4 Å². The quantitative estimate of drug-likeness (QED) is 0.873. The molecule has 1 aliphatic rings. The Morgan fingerprint density at radius 1 is 1.05 bits per heavy atom. The fraction of sp³-hybridized carbons (Fsp3) is 0.125. The zero-order chi connectivity index (χ0) is 15.7.